The van der Waals surface area contributed by atoms with E-state index in [1.165, 1.54) is 11.6 Å². The zero-order valence-corrected chi connectivity index (χ0v) is 23.2. The number of rotatable bonds is 4. The Labute approximate surface area is 228 Å². The largest absolute Gasteiger partial charge is 0.379 e. The Bertz CT molecular complexity index is 1550. The quantitative estimate of drug-likeness (QED) is 0.206. The number of morpholine rings is 1. The Morgan fingerprint density at radius 2 is 1.64 bits per heavy atom. The first-order valence-electron chi connectivity index (χ1n) is 13.0. The molecule has 200 valence electrons. The Kier molecular flexibility index (Phi) is 6.38. The molecule has 0 saturated carbocycles. The predicted octanol–water partition coefficient (Wildman–Crippen LogP) is 6.73. The number of nitro groups is 1. The fourth-order valence-electron chi connectivity index (χ4n) is 5.92. The summed E-state index contributed by atoms with van der Waals surface area (Å²) in [5.41, 5.74) is 4.36. The minimum atomic E-state index is -2.92. The molecule has 3 aliphatic heterocycles. The molecule has 1 fully saturated rings. The molecule has 0 amide bonds. The lowest BCUT2D eigenvalue weighted by molar-refractivity contribution is -0.384. The number of nitro benzene ring substituents is 1. The van der Waals surface area contributed by atoms with Crippen molar-refractivity contribution in [2.24, 2.45) is 9.85 Å². The number of ether oxygens (including phenoxy) is 1. The summed E-state index contributed by atoms with van der Waals surface area (Å²) in [5.74, 6) is 0. The van der Waals surface area contributed by atoms with E-state index in [0.717, 1.165) is 22.4 Å². The zero-order valence-electron chi connectivity index (χ0n) is 22.3. The van der Waals surface area contributed by atoms with Crippen LogP contribution in [0.2, 0.25) is 0 Å². The first-order chi connectivity index (χ1) is 18.9. The summed E-state index contributed by atoms with van der Waals surface area (Å²) in [7, 11) is -0.834. The molecule has 3 aromatic carbocycles. The zero-order chi connectivity index (χ0) is 27.2. The van der Waals surface area contributed by atoms with E-state index in [-0.39, 0.29) is 16.0 Å². The van der Waals surface area contributed by atoms with Crippen LogP contribution in [-0.4, -0.2) is 49.2 Å². The van der Waals surface area contributed by atoms with Crippen LogP contribution in [-0.2, 0) is 10.2 Å². The van der Waals surface area contributed by atoms with E-state index in [1.807, 2.05) is 41.3 Å². The molecule has 0 aromatic heterocycles. The van der Waals surface area contributed by atoms with Gasteiger partial charge in [-0.15, -0.1) is 0 Å². The molecule has 3 heterocycles. The Balaban J connectivity index is 1.72. The first-order valence-corrected chi connectivity index (χ1v) is 14.7. The molecule has 3 aliphatic rings. The number of likely N-dealkylation sites (N-methyl/N-ethyl adjacent to an activating group) is 1. The van der Waals surface area contributed by atoms with Crippen LogP contribution in [0.5, 0.6) is 0 Å². The smallest absolute Gasteiger partial charge is 0.294 e. The lowest BCUT2D eigenvalue weighted by Gasteiger charge is -2.42. The molecule has 0 radical (unpaired) electrons. The number of fused-ring (bicyclic) bond motifs is 1. The molecule has 1 saturated heterocycles. The molecular weight excluding hydrogens is 511 g/mol. The average Bonchev–Trinajstić information content (AvgIpc) is 3.42. The Hall–Kier alpha value is -3.78. The summed E-state index contributed by atoms with van der Waals surface area (Å²) in [6.07, 6.45) is 1.94. The minimum absolute atomic E-state index is 0.0169. The molecule has 0 N–H and O–H groups in total. The van der Waals surface area contributed by atoms with Gasteiger partial charge in [0.2, 0.25) is 0 Å². The molecule has 3 aromatic rings. The van der Waals surface area contributed by atoms with Gasteiger partial charge in [0.05, 0.1) is 35.4 Å². The highest BCUT2D eigenvalue weighted by Crippen LogP contribution is 2.71. The number of para-hydroxylation sites is 3. The highest BCUT2D eigenvalue weighted by atomic mass is 31.2. The number of allylic oxidation sites excluding steroid dienone is 2. The number of hydrogen-bond donors (Lipinski definition) is 0. The molecule has 0 spiro atoms. The summed E-state index contributed by atoms with van der Waals surface area (Å²) in [5, 5.41) is 18.1. The van der Waals surface area contributed by atoms with Gasteiger partial charge in [0.25, 0.3) is 5.69 Å². The number of hydrogen-bond acceptors (Lipinski definition) is 6. The third kappa shape index (κ3) is 4.00. The number of benzene rings is 3. The summed E-state index contributed by atoms with van der Waals surface area (Å²) in [6.45, 7) is 6.85. The number of nitrogens with zero attached hydrogens (tertiary/aromatic N) is 6. The van der Waals surface area contributed by atoms with Gasteiger partial charge in [-0.05, 0) is 29.8 Å². The third-order valence-corrected chi connectivity index (χ3v) is 11.2. The van der Waals surface area contributed by atoms with Crippen molar-refractivity contribution in [2.45, 2.75) is 19.3 Å². The topological polar surface area (TPSA) is 86.8 Å². The van der Waals surface area contributed by atoms with E-state index >= 15 is 0 Å². The second kappa shape index (κ2) is 9.75. The fraction of sp³-hybridized carbons (Fsp3) is 0.276. The predicted molar refractivity (Wildman–Crippen MR) is 157 cm³/mol. The molecule has 1 atom stereocenters. The SMILES string of the molecule is CN1/C(=C2/C=NN(c3ccccc3)P2(=Nc2ccccc2[N+](=O)[O-])N2CCOCC2)C(C)(C)c2ccccc21. The first kappa shape index (κ1) is 25.5. The Morgan fingerprint density at radius 1 is 0.974 bits per heavy atom. The molecule has 0 bridgehead atoms. The summed E-state index contributed by atoms with van der Waals surface area (Å²) in [6, 6.07) is 25.2. The van der Waals surface area contributed by atoms with Gasteiger partial charge in [-0.2, -0.15) is 5.10 Å². The van der Waals surface area contributed by atoms with Crippen molar-refractivity contribution in [3.63, 3.8) is 0 Å². The van der Waals surface area contributed by atoms with Crippen LogP contribution < -0.4 is 9.68 Å². The van der Waals surface area contributed by atoms with Crippen LogP contribution in [0.25, 0.3) is 0 Å². The van der Waals surface area contributed by atoms with Crippen LogP contribution in [0.3, 0.4) is 0 Å². The van der Waals surface area contributed by atoms with Crippen LogP contribution in [0, 0.1) is 10.1 Å². The van der Waals surface area contributed by atoms with Crippen molar-refractivity contribution >= 4 is 36.3 Å². The highest BCUT2D eigenvalue weighted by molar-refractivity contribution is 7.71. The maximum atomic E-state index is 12.1. The van der Waals surface area contributed by atoms with Gasteiger partial charge >= 0.3 is 0 Å². The summed E-state index contributed by atoms with van der Waals surface area (Å²) >= 11 is 0. The lowest BCUT2D eigenvalue weighted by atomic mass is 9.84. The van der Waals surface area contributed by atoms with Crippen molar-refractivity contribution in [3.8, 4) is 0 Å². The molecule has 9 nitrogen and oxygen atoms in total. The molecule has 10 heteroatoms. The van der Waals surface area contributed by atoms with E-state index in [2.05, 4.69) is 54.7 Å². The Morgan fingerprint density at radius 3 is 2.36 bits per heavy atom. The molecular formula is C29H31N6O3P. The van der Waals surface area contributed by atoms with Gasteiger partial charge in [0, 0.05) is 43.0 Å². The van der Waals surface area contributed by atoms with Crippen molar-refractivity contribution < 1.29 is 9.66 Å². The van der Waals surface area contributed by atoms with E-state index in [0.29, 0.717) is 32.0 Å². The fourth-order valence-corrected chi connectivity index (χ4v) is 9.75. The maximum Gasteiger partial charge on any atom is 0.294 e. The van der Waals surface area contributed by atoms with Gasteiger partial charge < -0.3 is 9.64 Å². The van der Waals surface area contributed by atoms with Crippen LogP contribution in [0.4, 0.5) is 22.7 Å². The summed E-state index contributed by atoms with van der Waals surface area (Å²) in [4.78, 5) is 14.0. The summed E-state index contributed by atoms with van der Waals surface area (Å²) < 4.78 is 15.6. The van der Waals surface area contributed by atoms with Gasteiger partial charge in [0.15, 0.2) is 7.36 Å². The van der Waals surface area contributed by atoms with Gasteiger partial charge in [0.1, 0.15) is 5.69 Å². The number of hydrazone groups is 1. The average molecular weight is 543 g/mol. The van der Waals surface area contributed by atoms with E-state index in [1.54, 1.807) is 18.2 Å². The number of anilines is 2. The second-order valence-electron chi connectivity index (χ2n) is 10.3. The molecule has 6 rings (SSSR count). The van der Waals surface area contributed by atoms with Crippen molar-refractivity contribution in [1.82, 2.24) is 4.67 Å². The van der Waals surface area contributed by atoms with Crippen molar-refractivity contribution in [3.05, 3.63) is 106 Å². The van der Waals surface area contributed by atoms with Crippen molar-refractivity contribution in [2.75, 3.05) is 43.0 Å². The standard InChI is InChI=1S/C29H31N6O3P/c1-29(2)23-13-7-9-15-25(23)32(3)28(29)27-21-30-34(22-11-5-4-6-12-22)39(27,33-17-19-38-20-18-33)31-24-14-8-10-16-26(24)35(36)37/h4-16,21H,17-20H2,1-3H3/b28-27-. The minimum Gasteiger partial charge on any atom is -0.379 e. The van der Waals surface area contributed by atoms with E-state index in [4.69, 9.17) is 14.6 Å². The lowest BCUT2D eigenvalue weighted by Crippen LogP contribution is -2.38. The van der Waals surface area contributed by atoms with E-state index in [9.17, 15) is 10.1 Å². The van der Waals surface area contributed by atoms with Gasteiger partial charge in [-0.1, -0.05) is 62.4 Å². The molecule has 39 heavy (non-hydrogen) atoms. The van der Waals surface area contributed by atoms with Crippen LogP contribution in [0.15, 0.2) is 99.7 Å². The van der Waals surface area contributed by atoms with Crippen molar-refractivity contribution in [1.29, 1.82) is 0 Å². The van der Waals surface area contributed by atoms with Gasteiger partial charge in [-0.3, -0.25) is 10.1 Å². The molecule has 0 aliphatic carbocycles. The third-order valence-electron chi connectivity index (χ3n) is 7.68. The highest BCUT2D eigenvalue weighted by Gasteiger charge is 2.50. The van der Waals surface area contributed by atoms with E-state index < -0.39 is 7.36 Å². The second-order valence-corrected chi connectivity index (χ2v) is 13.0. The van der Waals surface area contributed by atoms with Crippen LogP contribution >= 0.6 is 7.36 Å². The monoisotopic (exact) mass is 542 g/mol. The van der Waals surface area contributed by atoms with Crippen LogP contribution in [0.1, 0.15) is 19.4 Å². The normalized spacial score (nSPS) is 24.2. The van der Waals surface area contributed by atoms with Gasteiger partial charge in [-0.25, -0.2) is 14.2 Å². The maximum absolute atomic E-state index is 12.1. The molecule has 1 unspecified atom stereocenters.